The van der Waals surface area contributed by atoms with Crippen LogP contribution in [0.15, 0.2) is 42.5 Å². The van der Waals surface area contributed by atoms with E-state index in [-0.39, 0.29) is 6.04 Å². The van der Waals surface area contributed by atoms with Crippen LogP contribution in [0.4, 0.5) is 0 Å². The maximum Gasteiger partial charge on any atom is 0.146 e. The van der Waals surface area contributed by atoms with Crippen molar-refractivity contribution in [1.82, 2.24) is 0 Å². The first-order chi connectivity index (χ1) is 9.10. The fourth-order valence-corrected chi connectivity index (χ4v) is 2.03. The van der Waals surface area contributed by atoms with E-state index in [1.54, 1.807) is 0 Å². The molecule has 1 atom stereocenters. The van der Waals surface area contributed by atoms with Gasteiger partial charge in [-0.2, -0.15) is 0 Å². The molecule has 0 spiro atoms. The average Bonchev–Trinajstić information content (AvgIpc) is 2.41. The number of rotatable bonds is 4. The second-order valence-electron chi connectivity index (χ2n) is 4.58. The van der Waals surface area contributed by atoms with Gasteiger partial charge in [0.1, 0.15) is 11.5 Å². The summed E-state index contributed by atoms with van der Waals surface area (Å²) in [5.74, 6) is 1.43. The second-order valence-corrected chi connectivity index (χ2v) is 4.99. The highest BCUT2D eigenvalue weighted by atomic mass is 35.5. The van der Waals surface area contributed by atoms with Crippen molar-refractivity contribution in [3.8, 4) is 11.5 Å². The van der Waals surface area contributed by atoms with Crippen molar-refractivity contribution < 1.29 is 4.74 Å². The molecule has 0 aliphatic heterocycles. The van der Waals surface area contributed by atoms with Crippen LogP contribution >= 0.6 is 11.6 Å². The quantitative estimate of drug-likeness (QED) is 0.877. The fourth-order valence-electron chi connectivity index (χ4n) is 1.80. The van der Waals surface area contributed by atoms with E-state index in [0.29, 0.717) is 10.8 Å². The van der Waals surface area contributed by atoms with E-state index >= 15 is 0 Å². The maximum absolute atomic E-state index is 6.20. The third-order valence-corrected chi connectivity index (χ3v) is 3.34. The van der Waals surface area contributed by atoms with Crippen LogP contribution in [-0.2, 0) is 6.42 Å². The van der Waals surface area contributed by atoms with Gasteiger partial charge in [-0.15, -0.1) is 0 Å². The molecule has 2 aromatic carbocycles. The van der Waals surface area contributed by atoms with Crippen LogP contribution in [-0.4, -0.2) is 0 Å². The van der Waals surface area contributed by atoms with Gasteiger partial charge in [-0.25, -0.2) is 0 Å². The minimum Gasteiger partial charge on any atom is -0.456 e. The molecule has 0 saturated heterocycles. The van der Waals surface area contributed by atoms with Gasteiger partial charge in [0.05, 0.1) is 5.02 Å². The predicted octanol–water partition coefficient (Wildman–Crippen LogP) is 4.71. The summed E-state index contributed by atoms with van der Waals surface area (Å²) in [5, 5.41) is 0.578. The number of halogens is 1. The third-order valence-electron chi connectivity index (χ3n) is 3.04. The molecule has 0 heterocycles. The zero-order valence-electron chi connectivity index (χ0n) is 11.2. The molecular weight excluding hydrogens is 258 g/mol. The van der Waals surface area contributed by atoms with Gasteiger partial charge < -0.3 is 10.5 Å². The molecule has 0 aliphatic carbocycles. The van der Waals surface area contributed by atoms with Crippen molar-refractivity contribution in [3.05, 3.63) is 58.6 Å². The van der Waals surface area contributed by atoms with Gasteiger partial charge in [-0.05, 0) is 48.7 Å². The number of aryl methyl sites for hydroxylation is 1. The Hall–Kier alpha value is -1.51. The summed E-state index contributed by atoms with van der Waals surface area (Å²) in [5.41, 5.74) is 8.10. The lowest BCUT2D eigenvalue weighted by Gasteiger charge is -2.11. The number of benzene rings is 2. The van der Waals surface area contributed by atoms with Crippen molar-refractivity contribution in [2.75, 3.05) is 0 Å². The molecule has 0 bridgehead atoms. The highest BCUT2D eigenvalue weighted by Crippen LogP contribution is 2.31. The topological polar surface area (TPSA) is 35.2 Å². The summed E-state index contributed by atoms with van der Waals surface area (Å²) in [6.45, 7) is 4.05. The van der Waals surface area contributed by atoms with Crippen molar-refractivity contribution in [2.24, 2.45) is 5.73 Å². The lowest BCUT2D eigenvalue weighted by Crippen LogP contribution is -2.04. The summed E-state index contributed by atoms with van der Waals surface area (Å²) < 4.78 is 5.77. The van der Waals surface area contributed by atoms with E-state index in [1.807, 2.05) is 37.3 Å². The van der Waals surface area contributed by atoms with Crippen LogP contribution in [0.2, 0.25) is 5.02 Å². The van der Waals surface area contributed by atoms with Crippen LogP contribution < -0.4 is 10.5 Å². The minimum absolute atomic E-state index is 0.0320. The molecule has 3 heteroatoms. The zero-order chi connectivity index (χ0) is 13.8. The molecule has 2 nitrogen and oxygen atoms in total. The SMILES string of the molecule is CCc1ccc(Oc2ccc([C@@H](C)N)cc2Cl)cc1. The number of hydrogen-bond donors (Lipinski definition) is 1. The largest absolute Gasteiger partial charge is 0.456 e. The lowest BCUT2D eigenvalue weighted by atomic mass is 10.1. The first kappa shape index (κ1) is 13.9. The van der Waals surface area contributed by atoms with Crippen molar-refractivity contribution in [3.63, 3.8) is 0 Å². The Morgan fingerprint density at radius 1 is 1.16 bits per heavy atom. The summed E-state index contributed by atoms with van der Waals surface area (Å²) in [7, 11) is 0. The highest BCUT2D eigenvalue weighted by Gasteiger charge is 2.07. The Kier molecular flexibility index (Phi) is 4.46. The van der Waals surface area contributed by atoms with Gasteiger partial charge in [-0.1, -0.05) is 36.7 Å². The summed E-state index contributed by atoms with van der Waals surface area (Å²) in [4.78, 5) is 0. The Labute approximate surface area is 119 Å². The smallest absolute Gasteiger partial charge is 0.146 e. The van der Waals surface area contributed by atoms with Gasteiger partial charge in [-0.3, -0.25) is 0 Å². The Morgan fingerprint density at radius 2 is 1.84 bits per heavy atom. The Morgan fingerprint density at radius 3 is 2.37 bits per heavy atom. The second kappa shape index (κ2) is 6.09. The molecule has 0 amide bonds. The third kappa shape index (κ3) is 3.49. The normalized spacial score (nSPS) is 12.2. The summed E-state index contributed by atoms with van der Waals surface area (Å²) >= 11 is 6.20. The molecule has 0 radical (unpaired) electrons. The van der Waals surface area contributed by atoms with E-state index in [4.69, 9.17) is 22.1 Å². The van der Waals surface area contributed by atoms with Gasteiger partial charge in [0.2, 0.25) is 0 Å². The van der Waals surface area contributed by atoms with Crippen LogP contribution in [0.3, 0.4) is 0 Å². The average molecular weight is 276 g/mol. The molecule has 100 valence electrons. The van der Waals surface area contributed by atoms with Gasteiger partial charge >= 0.3 is 0 Å². The van der Waals surface area contributed by atoms with Gasteiger partial charge in [0.15, 0.2) is 0 Å². The van der Waals surface area contributed by atoms with Crippen LogP contribution in [0, 0.1) is 0 Å². The standard InChI is InChI=1S/C16H18ClNO/c1-3-12-4-7-14(8-5-12)19-16-9-6-13(11(2)18)10-15(16)17/h4-11H,3,18H2,1-2H3/t11-/m1/s1. The van der Waals surface area contributed by atoms with Crippen molar-refractivity contribution >= 4 is 11.6 Å². The molecule has 2 rings (SSSR count). The molecule has 2 N–H and O–H groups in total. The fraction of sp³-hybridized carbons (Fsp3) is 0.250. The van der Waals surface area contributed by atoms with Gasteiger partial charge in [0, 0.05) is 6.04 Å². The maximum atomic E-state index is 6.20. The minimum atomic E-state index is -0.0320. The van der Waals surface area contributed by atoms with Crippen LogP contribution in [0.25, 0.3) is 0 Å². The molecule has 0 unspecified atom stereocenters. The first-order valence-electron chi connectivity index (χ1n) is 6.42. The predicted molar refractivity (Wildman–Crippen MR) is 79.9 cm³/mol. The van der Waals surface area contributed by atoms with E-state index in [1.165, 1.54) is 5.56 Å². The summed E-state index contributed by atoms with van der Waals surface area (Å²) in [6.07, 6.45) is 1.02. The Bertz CT molecular complexity index is 549. The van der Waals surface area contributed by atoms with Crippen molar-refractivity contribution in [2.45, 2.75) is 26.3 Å². The number of nitrogens with two attached hydrogens (primary N) is 1. The zero-order valence-corrected chi connectivity index (χ0v) is 11.9. The number of hydrogen-bond acceptors (Lipinski definition) is 2. The molecule has 19 heavy (non-hydrogen) atoms. The van der Waals surface area contributed by atoms with E-state index in [9.17, 15) is 0 Å². The van der Waals surface area contributed by atoms with E-state index in [2.05, 4.69) is 19.1 Å². The molecule has 0 fully saturated rings. The first-order valence-corrected chi connectivity index (χ1v) is 6.79. The molecule has 0 aromatic heterocycles. The van der Waals surface area contributed by atoms with Crippen LogP contribution in [0.5, 0.6) is 11.5 Å². The lowest BCUT2D eigenvalue weighted by molar-refractivity contribution is 0.482. The van der Waals surface area contributed by atoms with Crippen LogP contribution in [0.1, 0.15) is 31.0 Å². The Balaban J connectivity index is 2.18. The summed E-state index contributed by atoms with van der Waals surface area (Å²) in [6, 6.07) is 13.6. The molecule has 0 aliphatic rings. The highest BCUT2D eigenvalue weighted by molar-refractivity contribution is 6.32. The van der Waals surface area contributed by atoms with Gasteiger partial charge in [0.25, 0.3) is 0 Å². The monoisotopic (exact) mass is 275 g/mol. The number of ether oxygens (including phenoxy) is 1. The van der Waals surface area contributed by atoms with Crippen molar-refractivity contribution in [1.29, 1.82) is 0 Å². The molecular formula is C16H18ClNO. The molecule has 0 saturated carbocycles. The van der Waals surface area contributed by atoms with E-state index < -0.39 is 0 Å². The van der Waals surface area contributed by atoms with E-state index in [0.717, 1.165) is 17.7 Å². The molecule has 2 aromatic rings.